The summed E-state index contributed by atoms with van der Waals surface area (Å²) in [6.45, 7) is 13.1. The molecule has 12 heteroatoms. The van der Waals surface area contributed by atoms with E-state index < -0.39 is 41.1 Å². The maximum Gasteiger partial charge on any atom is 0.333 e. The van der Waals surface area contributed by atoms with Crippen molar-refractivity contribution < 1.29 is 38.1 Å². The molecule has 0 aliphatic heterocycles. The molecule has 2 unspecified atom stereocenters. The zero-order valence-electron chi connectivity index (χ0n) is 26.7. The first-order chi connectivity index (χ1) is 22.2. The van der Waals surface area contributed by atoms with Gasteiger partial charge < -0.3 is 18.9 Å². The van der Waals surface area contributed by atoms with Crippen LogP contribution in [0.25, 0.3) is 22.3 Å². The van der Waals surface area contributed by atoms with Crippen LogP contribution in [0.15, 0.2) is 60.7 Å². The van der Waals surface area contributed by atoms with Gasteiger partial charge in [-0.15, -0.1) is 0 Å². The number of ether oxygens (including phenoxy) is 4. The molecule has 0 fully saturated rings. The summed E-state index contributed by atoms with van der Waals surface area (Å²) in [5.41, 5.74) is 3.37. The molecule has 0 saturated heterocycles. The summed E-state index contributed by atoms with van der Waals surface area (Å²) in [5, 5.41) is 0.643. The van der Waals surface area contributed by atoms with Crippen molar-refractivity contribution in [2.75, 3.05) is 26.4 Å². The Morgan fingerprint density at radius 3 is 1.68 bits per heavy atom. The molecule has 47 heavy (non-hydrogen) atoms. The summed E-state index contributed by atoms with van der Waals surface area (Å²) < 4.78 is 21.0. The van der Waals surface area contributed by atoms with E-state index in [1.54, 1.807) is 26.0 Å². The van der Waals surface area contributed by atoms with E-state index in [0.717, 1.165) is 11.1 Å². The number of esters is 4. The zero-order valence-corrected chi connectivity index (χ0v) is 28.2. The van der Waals surface area contributed by atoms with Crippen LogP contribution >= 0.6 is 23.2 Å². The molecule has 1 aliphatic carbocycles. The van der Waals surface area contributed by atoms with Gasteiger partial charge in [0.25, 0.3) is 0 Å². The Bertz CT molecular complexity index is 1700. The number of nitrogens with zero attached hydrogens (tertiary/aromatic N) is 2. The fourth-order valence-electron chi connectivity index (χ4n) is 5.60. The fraction of sp³-hybridized carbons (Fsp3) is 0.371. The van der Waals surface area contributed by atoms with E-state index in [9.17, 15) is 19.2 Å². The molecule has 0 N–H and O–H groups in total. The molecule has 10 nitrogen and oxygen atoms in total. The summed E-state index contributed by atoms with van der Waals surface area (Å²) in [6, 6.07) is 10.9. The van der Waals surface area contributed by atoms with Crippen LogP contribution in [-0.2, 0) is 43.5 Å². The van der Waals surface area contributed by atoms with E-state index in [1.807, 2.05) is 24.3 Å². The maximum atomic E-state index is 13.3. The number of aromatic nitrogens is 2. The van der Waals surface area contributed by atoms with Crippen LogP contribution in [0.3, 0.4) is 0 Å². The summed E-state index contributed by atoms with van der Waals surface area (Å²) in [6.07, 6.45) is 0.410. The number of carbonyl (C=O) groups excluding carboxylic acids is 4. The monoisotopic (exact) mass is 682 g/mol. The third-order valence-corrected chi connectivity index (χ3v) is 8.51. The van der Waals surface area contributed by atoms with E-state index in [0.29, 0.717) is 32.5 Å². The first-order valence-electron chi connectivity index (χ1n) is 15.0. The number of rotatable bonds is 14. The van der Waals surface area contributed by atoms with Gasteiger partial charge in [0.1, 0.15) is 26.4 Å². The van der Waals surface area contributed by atoms with Crippen LogP contribution < -0.4 is 0 Å². The minimum atomic E-state index is -0.977. The van der Waals surface area contributed by atoms with Gasteiger partial charge in [0.05, 0.1) is 44.3 Å². The molecule has 1 heterocycles. The molecular formula is C35H36Cl2N2O8. The van der Waals surface area contributed by atoms with Gasteiger partial charge >= 0.3 is 23.9 Å². The second-order valence-corrected chi connectivity index (χ2v) is 12.5. The summed E-state index contributed by atoms with van der Waals surface area (Å²) in [4.78, 5) is 59.9. The highest BCUT2D eigenvalue weighted by Gasteiger charge is 2.49. The van der Waals surface area contributed by atoms with Crippen molar-refractivity contribution in [1.29, 1.82) is 0 Å². The van der Waals surface area contributed by atoms with E-state index in [4.69, 9.17) is 52.1 Å². The average Bonchev–Trinajstić information content (AvgIpc) is 3.28. The highest BCUT2D eigenvalue weighted by atomic mass is 35.5. The molecule has 2 aromatic carbocycles. The van der Waals surface area contributed by atoms with Crippen molar-refractivity contribution in [2.45, 2.75) is 46.0 Å². The highest BCUT2D eigenvalue weighted by Crippen LogP contribution is 2.54. The number of fused-ring (bicyclic) bond motifs is 4. The van der Waals surface area contributed by atoms with E-state index >= 15 is 0 Å². The van der Waals surface area contributed by atoms with Gasteiger partial charge in [-0.25, -0.2) is 19.6 Å². The molecule has 0 saturated carbocycles. The largest absolute Gasteiger partial charge is 0.462 e. The molecule has 0 spiro atoms. The van der Waals surface area contributed by atoms with Crippen LogP contribution in [0.5, 0.6) is 0 Å². The second-order valence-electron chi connectivity index (χ2n) is 11.7. The molecule has 0 radical (unpaired) electrons. The van der Waals surface area contributed by atoms with Gasteiger partial charge in [0, 0.05) is 22.1 Å². The third-order valence-electron chi connectivity index (χ3n) is 7.79. The minimum absolute atomic E-state index is 0.119. The van der Waals surface area contributed by atoms with Gasteiger partial charge in [-0.05, 0) is 44.4 Å². The lowest BCUT2D eigenvalue weighted by Gasteiger charge is -2.34. The Morgan fingerprint density at radius 2 is 1.19 bits per heavy atom. The maximum absolute atomic E-state index is 13.3. The lowest BCUT2D eigenvalue weighted by Crippen LogP contribution is -2.36. The number of hydrogen-bond acceptors (Lipinski definition) is 10. The van der Waals surface area contributed by atoms with Crippen molar-refractivity contribution in [3.05, 3.63) is 82.0 Å². The van der Waals surface area contributed by atoms with E-state index in [-0.39, 0.29) is 50.4 Å². The number of hydrogen-bond donors (Lipinski definition) is 0. The normalized spacial score (nSPS) is 16.0. The van der Waals surface area contributed by atoms with Gasteiger partial charge in [-0.2, -0.15) is 0 Å². The van der Waals surface area contributed by atoms with Crippen LogP contribution in [0.1, 0.15) is 51.8 Å². The van der Waals surface area contributed by atoms with Crippen molar-refractivity contribution >= 4 is 58.1 Å². The molecule has 2 atom stereocenters. The second kappa shape index (κ2) is 15.1. The van der Waals surface area contributed by atoms with Gasteiger partial charge in [0.2, 0.25) is 0 Å². The van der Waals surface area contributed by atoms with Crippen molar-refractivity contribution in [1.82, 2.24) is 9.97 Å². The lowest BCUT2D eigenvalue weighted by atomic mass is 9.69. The Morgan fingerprint density at radius 1 is 0.745 bits per heavy atom. The van der Waals surface area contributed by atoms with Crippen molar-refractivity contribution in [3.8, 4) is 11.3 Å². The Hall–Kier alpha value is -4.28. The van der Waals surface area contributed by atoms with E-state index in [1.165, 1.54) is 13.8 Å². The average molecular weight is 684 g/mol. The molecule has 1 aliphatic rings. The smallest absolute Gasteiger partial charge is 0.333 e. The van der Waals surface area contributed by atoms with Crippen LogP contribution in [0.4, 0.5) is 0 Å². The number of carbonyl (C=O) groups is 4. The predicted molar refractivity (Wildman–Crippen MR) is 177 cm³/mol. The Balaban J connectivity index is 1.67. The topological polar surface area (TPSA) is 131 Å². The standard InChI is InChI=1S/C35H36Cl2N2O8/c1-19(2)31(40)44-11-13-46-33(42)21(5)17-35(18-22(6)34(43)47-14-12-45-32(41)20(3)4)24-10-8-7-9-23(24)29-30(35)39-28-16-26(37)25(36)15-27(28)38-29/h7-10,15-16,21-22H,1,3,11-14,17-18H2,2,4-6H3. The Labute approximate surface area is 283 Å². The van der Waals surface area contributed by atoms with Crippen LogP contribution in [0.2, 0.25) is 10.0 Å². The lowest BCUT2D eigenvalue weighted by molar-refractivity contribution is -0.154. The van der Waals surface area contributed by atoms with Gasteiger partial charge in [-0.1, -0.05) is 74.5 Å². The SMILES string of the molecule is C=C(C)C(=O)OCCOC(=O)C(C)CC1(CC(C)C(=O)OCCOC(=O)C(=C)C)c2ccccc2-c2nc3cc(Cl)c(Cl)cc3nc21. The minimum Gasteiger partial charge on any atom is -0.462 e. The Kier molecular flexibility index (Phi) is 11.4. The summed E-state index contributed by atoms with van der Waals surface area (Å²) in [5.74, 6) is -3.54. The molecular weight excluding hydrogens is 647 g/mol. The zero-order chi connectivity index (χ0) is 34.5. The van der Waals surface area contributed by atoms with Crippen LogP contribution in [0, 0.1) is 11.8 Å². The highest BCUT2D eigenvalue weighted by molar-refractivity contribution is 6.42. The van der Waals surface area contributed by atoms with Gasteiger partial charge in [-0.3, -0.25) is 9.59 Å². The van der Waals surface area contributed by atoms with Crippen molar-refractivity contribution in [3.63, 3.8) is 0 Å². The first kappa shape index (κ1) is 35.6. The quantitative estimate of drug-likeness (QED) is 0.0795. The number of halogens is 2. The summed E-state index contributed by atoms with van der Waals surface area (Å²) in [7, 11) is 0. The first-order valence-corrected chi connectivity index (χ1v) is 15.8. The predicted octanol–water partition coefficient (Wildman–Crippen LogP) is 6.58. The molecule has 1 aromatic heterocycles. The fourth-order valence-corrected chi connectivity index (χ4v) is 5.92. The molecule has 0 amide bonds. The van der Waals surface area contributed by atoms with E-state index in [2.05, 4.69) is 13.2 Å². The summed E-state index contributed by atoms with van der Waals surface area (Å²) >= 11 is 12.7. The molecule has 3 aromatic rings. The number of benzene rings is 2. The molecule has 248 valence electrons. The molecule has 4 rings (SSSR count). The van der Waals surface area contributed by atoms with Crippen molar-refractivity contribution in [2.24, 2.45) is 11.8 Å². The van der Waals surface area contributed by atoms with Crippen LogP contribution in [-0.4, -0.2) is 60.3 Å². The van der Waals surface area contributed by atoms with Gasteiger partial charge in [0.15, 0.2) is 0 Å². The molecule has 0 bridgehead atoms. The third kappa shape index (κ3) is 8.00.